The van der Waals surface area contributed by atoms with Gasteiger partial charge in [-0.25, -0.2) is 0 Å². The van der Waals surface area contributed by atoms with Crippen molar-refractivity contribution in [3.63, 3.8) is 0 Å². The van der Waals surface area contributed by atoms with Crippen molar-refractivity contribution in [2.45, 2.75) is 117 Å². The van der Waals surface area contributed by atoms with E-state index in [1.165, 1.54) is 78.5 Å². The van der Waals surface area contributed by atoms with Crippen molar-refractivity contribution in [2.75, 3.05) is 6.54 Å². The van der Waals surface area contributed by atoms with Crippen molar-refractivity contribution in [3.8, 4) is 35.3 Å². The van der Waals surface area contributed by atoms with Crippen LogP contribution in [0.25, 0.3) is 21.9 Å². The number of carbonyl (C=O) groups excluding carboxylic acids is 2. The van der Waals surface area contributed by atoms with E-state index in [4.69, 9.17) is 6.42 Å². The van der Waals surface area contributed by atoms with Crippen molar-refractivity contribution >= 4 is 22.6 Å². The van der Waals surface area contributed by atoms with E-state index in [0.29, 0.717) is 29.5 Å². The number of unbranched alkanes of at least 4 members (excludes halogenated alkanes) is 3. The van der Waals surface area contributed by atoms with Gasteiger partial charge in [0.15, 0.2) is 0 Å². The molecule has 2 amide bonds. The number of rotatable bonds is 15. The van der Waals surface area contributed by atoms with Crippen LogP contribution in [0.3, 0.4) is 0 Å². The van der Waals surface area contributed by atoms with Crippen molar-refractivity contribution in [3.05, 3.63) is 106 Å². The molecule has 268 valence electrons. The molecule has 0 N–H and O–H groups in total. The monoisotopic (exact) mass is 689 g/mol. The molecule has 3 nitrogen and oxygen atoms in total. The van der Waals surface area contributed by atoms with Crippen LogP contribution >= 0.6 is 0 Å². The molecule has 2 aliphatic rings. The molecule has 6 rings (SSSR count). The van der Waals surface area contributed by atoms with Crippen LogP contribution in [0.2, 0.25) is 0 Å². The van der Waals surface area contributed by atoms with Gasteiger partial charge in [0, 0.05) is 45.2 Å². The number of terminal acetylenes is 1. The van der Waals surface area contributed by atoms with Gasteiger partial charge in [0.2, 0.25) is 0 Å². The number of nitrogens with zero attached hydrogens (tertiary/aromatic N) is 1. The highest BCUT2D eigenvalue weighted by molar-refractivity contribution is 6.26. The predicted octanol–water partition coefficient (Wildman–Crippen LogP) is 12.1. The Morgan fingerprint density at radius 3 is 1.79 bits per heavy atom. The molecule has 0 radical (unpaired) electrons. The average Bonchev–Trinajstić information content (AvgIpc) is 3.43. The summed E-state index contributed by atoms with van der Waals surface area (Å²) in [5, 5.41) is 1.58. The lowest BCUT2D eigenvalue weighted by Crippen LogP contribution is -2.40. The highest BCUT2D eigenvalue weighted by atomic mass is 16.2. The number of hydrogen-bond donors (Lipinski definition) is 0. The highest BCUT2D eigenvalue weighted by Gasteiger charge is 2.45. The summed E-state index contributed by atoms with van der Waals surface area (Å²) in [6.07, 6.45) is 19.7. The van der Waals surface area contributed by atoms with Gasteiger partial charge in [-0.3, -0.25) is 14.5 Å². The Morgan fingerprint density at radius 1 is 0.654 bits per heavy atom. The van der Waals surface area contributed by atoms with Crippen molar-refractivity contribution in [1.29, 1.82) is 0 Å². The molecule has 1 aliphatic heterocycles. The molecule has 2 unspecified atom stereocenters. The van der Waals surface area contributed by atoms with Crippen LogP contribution in [0.1, 0.15) is 160 Å². The predicted molar refractivity (Wildman–Crippen MR) is 217 cm³/mol. The number of fused-ring (bicyclic) bond motifs is 3. The Bertz CT molecular complexity index is 2030. The Kier molecular flexibility index (Phi) is 11.7. The zero-order valence-corrected chi connectivity index (χ0v) is 32.0. The third-order valence-corrected chi connectivity index (χ3v) is 12.0. The number of hydrogen-bond acceptors (Lipinski definition) is 2. The average molecular weight is 690 g/mol. The van der Waals surface area contributed by atoms with E-state index < -0.39 is 0 Å². The van der Waals surface area contributed by atoms with Crippen LogP contribution in [0, 0.1) is 36.0 Å². The summed E-state index contributed by atoms with van der Waals surface area (Å²) in [4.78, 5) is 28.4. The minimum atomic E-state index is -0.210. The highest BCUT2D eigenvalue weighted by Crippen LogP contribution is 2.56. The first kappa shape index (κ1) is 37.2. The smallest absolute Gasteiger partial charge is 0.261 e. The van der Waals surface area contributed by atoms with Gasteiger partial charge < -0.3 is 0 Å². The molecule has 0 fully saturated rings. The lowest BCUT2D eigenvalue weighted by molar-refractivity contribution is 0.0608. The van der Waals surface area contributed by atoms with E-state index in [0.717, 1.165) is 53.1 Å². The van der Waals surface area contributed by atoms with Crippen LogP contribution in [0.4, 0.5) is 0 Å². The normalized spacial score (nSPS) is 17.0. The van der Waals surface area contributed by atoms with Crippen LogP contribution in [0.5, 0.6) is 0 Å². The summed E-state index contributed by atoms with van der Waals surface area (Å²) >= 11 is 0. The molecule has 1 aliphatic carbocycles. The Hall–Kier alpha value is -4.60. The van der Waals surface area contributed by atoms with Gasteiger partial charge in [-0.15, -0.1) is 6.42 Å². The number of benzene rings is 4. The molecule has 4 aromatic carbocycles. The van der Waals surface area contributed by atoms with Gasteiger partial charge in [-0.1, -0.05) is 134 Å². The van der Waals surface area contributed by atoms with Crippen LogP contribution < -0.4 is 0 Å². The minimum absolute atomic E-state index is 0.136. The molecule has 0 spiro atoms. The summed E-state index contributed by atoms with van der Waals surface area (Å²) in [7, 11) is 0. The van der Waals surface area contributed by atoms with Crippen molar-refractivity contribution in [2.24, 2.45) is 11.8 Å². The third kappa shape index (κ3) is 6.96. The largest absolute Gasteiger partial charge is 0.274 e. The maximum atomic E-state index is 13.5. The molecule has 0 aromatic heterocycles. The first-order valence-electron chi connectivity index (χ1n) is 20.0. The molecule has 0 bridgehead atoms. The van der Waals surface area contributed by atoms with E-state index in [1.54, 1.807) is 0 Å². The summed E-state index contributed by atoms with van der Waals surface area (Å²) in [5.41, 5.74) is 9.22. The van der Waals surface area contributed by atoms with E-state index in [9.17, 15) is 9.59 Å². The lowest BCUT2D eigenvalue weighted by atomic mass is 9.65. The van der Waals surface area contributed by atoms with Gasteiger partial charge in [0.05, 0.1) is 0 Å². The topological polar surface area (TPSA) is 37.4 Å². The zero-order chi connectivity index (χ0) is 36.8. The molecule has 52 heavy (non-hydrogen) atoms. The van der Waals surface area contributed by atoms with Gasteiger partial charge in [-0.2, -0.15) is 0 Å². The van der Waals surface area contributed by atoms with E-state index in [2.05, 4.69) is 88.8 Å². The first-order valence-corrected chi connectivity index (χ1v) is 20.0. The molecule has 0 saturated heterocycles. The van der Waals surface area contributed by atoms with Gasteiger partial charge >= 0.3 is 0 Å². The molecular formula is C49H55NO2. The van der Waals surface area contributed by atoms with Gasteiger partial charge in [0.1, 0.15) is 0 Å². The molecule has 1 heterocycles. The molecule has 3 heteroatoms. The van der Waals surface area contributed by atoms with Crippen LogP contribution in [-0.2, 0) is 5.41 Å². The maximum Gasteiger partial charge on any atom is 0.261 e. The molecule has 4 aromatic rings. The van der Waals surface area contributed by atoms with Gasteiger partial charge in [0.25, 0.3) is 11.8 Å². The maximum absolute atomic E-state index is 13.5. The van der Waals surface area contributed by atoms with Crippen LogP contribution in [0.15, 0.2) is 66.7 Å². The number of imide groups is 1. The Morgan fingerprint density at radius 2 is 1.21 bits per heavy atom. The molecular weight excluding hydrogens is 635 g/mol. The Labute approximate surface area is 312 Å². The van der Waals surface area contributed by atoms with E-state index in [-0.39, 0.29) is 17.2 Å². The van der Waals surface area contributed by atoms with E-state index in [1.807, 2.05) is 30.3 Å². The minimum Gasteiger partial charge on any atom is -0.274 e. The van der Waals surface area contributed by atoms with Crippen molar-refractivity contribution < 1.29 is 9.59 Å². The zero-order valence-electron chi connectivity index (χ0n) is 32.0. The number of amides is 2. The van der Waals surface area contributed by atoms with Crippen LogP contribution in [-0.4, -0.2) is 23.3 Å². The quantitative estimate of drug-likeness (QED) is 0.0920. The summed E-state index contributed by atoms with van der Waals surface area (Å²) < 4.78 is 0. The fraction of sp³-hybridized carbons (Fsp3) is 0.429. The molecule has 0 saturated carbocycles. The molecule has 2 atom stereocenters. The summed E-state index contributed by atoms with van der Waals surface area (Å²) in [6.45, 7) is 11.8. The summed E-state index contributed by atoms with van der Waals surface area (Å²) in [5.74, 6) is 10.8. The second-order valence-corrected chi connectivity index (χ2v) is 15.2. The van der Waals surface area contributed by atoms with E-state index >= 15 is 0 Å². The fourth-order valence-corrected chi connectivity index (χ4v) is 8.97. The standard InChI is InChI=1S/C49H55NO2/c1-7-13-17-35(11-5)32-49(33-36(12-6)18-14-8-2)44-30-34(10-4)22-26-40(44)41-27-23-37(31-45(41)49)21-24-38-25-28-43-46-39(38)19-16-20-42(46)47(51)50(48(43)52)29-15-9-3/h4,16,19-20,22-23,25-28,30-31,35-36H,7-9,11-15,17-18,29,32-33H2,1-3,5-6H3. The fourth-order valence-electron chi connectivity index (χ4n) is 8.97. The SMILES string of the molecule is C#Cc1ccc2c(c1)C(CC(CC)CCCC)(CC(CC)CCCC)c1cc(C#Cc3ccc4c5c(cccc35)C(=O)N(CCCC)C4=O)ccc1-2. The van der Waals surface area contributed by atoms with Crippen molar-refractivity contribution in [1.82, 2.24) is 4.90 Å². The van der Waals surface area contributed by atoms with Gasteiger partial charge in [-0.05, 0) is 101 Å². The lowest BCUT2D eigenvalue weighted by Gasteiger charge is -2.38. The Balaban J connectivity index is 1.47. The second-order valence-electron chi connectivity index (χ2n) is 15.2. The summed E-state index contributed by atoms with van der Waals surface area (Å²) in [6, 6.07) is 23.1. The number of carbonyl (C=O) groups is 2. The first-order chi connectivity index (χ1) is 25.3. The third-order valence-electron chi connectivity index (χ3n) is 12.0. The second kappa shape index (κ2) is 16.4.